The third kappa shape index (κ3) is 5.21. The zero-order chi connectivity index (χ0) is 16.7. The minimum Gasteiger partial charge on any atom is -0.493 e. The molecule has 0 radical (unpaired) electrons. The molecule has 1 aromatic heterocycles. The first-order chi connectivity index (χ1) is 11.1. The molecule has 0 aliphatic rings. The van der Waals surface area contributed by atoms with Gasteiger partial charge in [0, 0.05) is 22.3 Å². The molecule has 2 rings (SSSR count). The van der Waals surface area contributed by atoms with Crippen molar-refractivity contribution < 1.29 is 9.53 Å². The number of anilines is 1. The Morgan fingerprint density at radius 3 is 2.91 bits per heavy atom. The molecule has 4 nitrogen and oxygen atoms in total. The minimum atomic E-state index is -0.229. The van der Waals surface area contributed by atoms with Crippen LogP contribution in [0.1, 0.15) is 24.5 Å². The van der Waals surface area contributed by atoms with Gasteiger partial charge in [0.15, 0.2) is 0 Å². The number of aryl methyl sites for hydroxylation is 1. The number of nitrogens with one attached hydrogen (secondary N) is 1. The first kappa shape index (κ1) is 17.2. The van der Waals surface area contributed by atoms with Gasteiger partial charge in [0.05, 0.1) is 6.61 Å². The van der Waals surface area contributed by atoms with E-state index in [0.717, 1.165) is 27.8 Å². The topological polar surface area (TPSA) is 51.2 Å². The molecule has 0 saturated heterocycles. The Morgan fingerprint density at radius 1 is 1.39 bits per heavy atom. The zero-order valence-electron chi connectivity index (χ0n) is 13.2. The van der Waals surface area contributed by atoms with E-state index < -0.39 is 0 Å². The summed E-state index contributed by atoms with van der Waals surface area (Å²) >= 11 is 3.35. The number of aromatic nitrogens is 1. The van der Waals surface area contributed by atoms with Crippen LogP contribution < -0.4 is 10.1 Å². The van der Waals surface area contributed by atoms with E-state index in [-0.39, 0.29) is 5.91 Å². The molecular formula is C18H19BrN2O2. The number of carbonyl (C=O) groups is 1. The highest BCUT2D eigenvalue weighted by Gasteiger charge is 2.05. The molecule has 0 aliphatic heterocycles. The fraction of sp³-hybridized carbons (Fsp3) is 0.222. The third-order valence-electron chi connectivity index (χ3n) is 3.08. The summed E-state index contributed by atoms with van der Waals surface area (Å²) < 4.78 is 6.55. The van der Waals surface area contributed by atoms with Crippen molar-refractivity contribution >= 4 is 33.7 Å². The van der Waals surface area contributed by atoms with Crippen LogP contribution in [-0.2, 0) is 4.79 Å². The molecule has 1 aromatic carbocycles. The van der Waals surface area contributed by atoms with Gasteiger partial charge in [0.1, 0.15) is 11.6 Å². The Labute approximate surface area is 144 Å². The SMILES string of the molecule is CCCOc1ccccc1/C=C/C(=O)Nc1ncc(Br)cc1C. The number of rotatable bonds is 6. The second-order valence-electron chi connectivity index (χ2n) is 5.03. The smallest absolute Gasteiger partial charge is 0.249 e. The number of amides is 1. The lowest BCUT2D eigenvalue weighted by Gasteiger charge is -2.08. The van der Waals surface area contributed by atoms with E-state index in [1.54, 1.807) is 12.3 Å². The van der Waals surface area contributed by atoms with Gasteiger partial charge in [-0.15, -0.1) is 0 Å². The van der Waals surface area contributed by atoms with Crippen LogP contribution in [-0.4, -0.2) is 17.5 Å². The minimum absolute atomic E-state index is 0.229. The molecule has 0 aliphatic carbocycles. The summed E-state index contributed by atoms with van der Waals surface area (Å²) in [4.78, 5) is 16.3. The van der Waals surface area contributed by atoms with Crippen molar-refractivity contribution in [2.45, 2.75) is 20.3 Å². The fourth-order valence-electron chi connectivity index (χ4n) is 1.96. The Bertz CT molecular complexity index is 714. The Balaban J connectivity index is 2.06. The van der Waals surface area contributed by atoms with Crippen molar-refractivity contribution in [2.24, 2.45) is 0 Å². The molecule has 1 N–H and O–H groups in total. The van der Waals surface area contributed by atoms with Gasteiger partial charge in [-0.3, -0.25) is 4.79 Å². The number of halogens is 1. The van der Waals surface area contributed by atoms with Crippen LogP contribution in [0, 0.1) is 6.92 Å². The van der Waals surface area contributed by atoms with E-state index in [0.29, 0.717) is 12.4 Å². The second-order valence-corrected chi connectivity index (χ2v) is 5.94. The molecule has 0 fully saturated rings. The molecule has 5 heteroatoms. The van der Waals surface area contributed by atoms with Crippen molar-refractivity contribution in [3.05, 3.63) is 58.2 Å². The molecule has 0 unspecified atom stereocenters. The van der Waals surface area contributed by atoms with Crippen molar-refractivity contribution in [2.75, 3.05) is 11.9 Å². The second kappa shape index (κ2) is 8.48. The first-order valence-electron chi connectivity index (χ1n) is 7.43. The van der Waals surface area contributed by atoms with E-state index in [9.17, 15) is 4.79 Å². The number of benzene rings is 1. The van der Waals surface area contributed by atoms with Crippen molar-refractivity contribution in [1.82, 2.24) is 4.98 Å². The molecule has 0 atom stereocenters. The Kier molecular flexibility index (Phi) is 6.35. The van der Waals surface area contributed by atoms with Crippen molar-refractivity contribution in [3.8, 4) is 5.75 Å². The van der Waals surface area contributed by atoms with Gasteiger partial charge < -0.3 is 10.1 Å². The van der Waals surface area contributed by atoms with Crippen LogP contribution in [0.2, 0.25) is 0 Å². The van der Waals surface area contributed by atoms with Crippen LogP contribution in [0.25, 0.3) is 6.08 Å². The zero-order valence-corrected chi connectivity index (χ0v) is 14.8. The van der Waals surface area contributed by atoms with E-state index in [2.05, 4.69) is 33.2 Å². The highest BCUT2D eigenvalue weighted by atomic mass is 79.9. The van der Waals surface area contributed by atoms with Crippen LogP contribution in [0.3, 0.4) is 0 Å². The first-order valence-corrected chi connectivity index (χ1v) is 8.22. The number of pyridine rings is 1. The molecule has 0 bridgehead atoms. The van der Waals surface area contributed by atoms with Gasteiger partial charge in [-0.2, -0.15) is 0 Å². The van der Waals surface area contributed by atoms with E-state index in [1.165, 1.54) is 6.08 Å². The maximum Gasteiger partial charge on any atom is 0.249 e. The quantitative estimate of drug-likeness (QED) is 0.752. The van der Waals surface area contributed by atoms with Crippen LogP contribution in [0.5, 0.6) is 5.75 Å². The van der Waals surface area contributed by atoms with Crippen molar-refractivity contribution in [1.29, 1.82) is 0 Å². The van der Waals surface area contributed by atoms with Crippen molar-refractivity contribution in [3.63, 3.8) is 0 Å². The number of hydrogen-bond donors (Lipinski definition) is 1. The molecule has 23 heavy (non-hydrogen) atoms. The predicted octanol–water partition coefficient (Wildman–Crippen LogP) is 4.59. The molecule has 0 spiro atoms. The molecule has 0 saturated carbocycles. The summed E-state index contributed by atoms with van der Waals surface area (Å²) in [6, 6.07) is 9.54. The maximum absolute atomic E-state index is 12.1. The average Bonchev–Trinajstić information content (AvgIpc) is 2.54. The van der Waals surface area contributed by atoms with E-state index >= 15 is 0 Å². The van der Waals surface area contributed by atoms with Crippen LogP contribution >= 0.6 is 15.9 Å². The Hall–Kier alpha value is -2.14. The summed E-state index contributed by atoms with van der Waals surface area (Å²) in [5.74, 6) is 1.10. The fourth-order valence-corrected chi connectivity index (χ4v) is 2.40. The van der Waals surface area contributed by atoms with Gasteiger partial charge in [-0.1, -0.05) is 25.1 Å². The number of carbonyl (C=O) groups excluding carboxylic acids is 1. The summed E-state index contributed by atoms with van der Waals surface area (Å²) in [6.07, 6.45) is 5.82. The Morgan fingerprint density at radius 2 is 2.17 bits per heavy atom. The number of ether oxygens (including phenoxy) is 1. The molecular weight excluding hydrogens is 356 g/mol. The summed E-state index contributed by atoms with van der Waals surface area (Å²) in [5, 5.41) is 2.77. The summed E-state index contributed by atoms with van der Waals surface area (Å²) in [7, 11) is 0. The van der Waals surface area contributed by atoms with Gasteiger partial charge in [-0.05, 0) is 53.0 Å². The van der Waals surface area contributed by atoms with Gasteiger partial charge in [-0.25, -0.2) is 4.98 Å². The summed E-state index contributed by atoms with van der Waals surface area (Å²) in [6.45, 7) is 4.60. The monoisotopic (exact) mass is 374 g/mol. The maximum atomic E-state index is 12.1. The lowest BCUT2D eigenvalue weighted by atomic mass is 10.2. The van der Waals surface area contributed by atoms with E-state index in [1.807, 2.05) is 37.3 Å². The van der Waals surface area contributed by atoms with Gasteiger partial charge in [0.2, 0.25) is 5.91 Å². The number of nitrogens with zero attached hydrogens (tertiary/aromatic N) is 1. The highest BCUT2D eigenvalue weighted by Crippen LogP contribution is 2.20. The van der Waals surface area contributed by atoms with Gasteiger partial charge in [0.25, 0.3) is 0 Å². The lowest BCUT2D eigenvalue weighted by molar-refractivity contribution is -0.111. The van der Waals surface area contributed by atoms with E-state index in [4.69, 9.17) is 4.74 Å². The average molecular weight is 375 g/mol. The van der Waals surface area contributed by atoms with Crippen LogP contribution in [0.4, 0.5) is 5.82 Å². The number of hydrogen-bond acceptors (Lipinski definition) is 3. The normalized spacial score (nSPS) is 10.7. The third-order valence-corrected chi connectivity index (χ3v) is 3.52. The predicted molar refractivity (Wildman–Crippen MR) is 96.6 cm³/mol. The van der Waals surface area contributed by atoms with Crippen LogP contribution in [0.15, 0.2) is 47.1 Å². The highest BCUT2D eigenvalue weighted by molar-refractivity contribution is 9.10. The summed E-state index contributed by atoms with van der Waals surface area (Å²) in [5.41, 5.74) is 1.77. The molecule has 1 heterocycles. The number of para-hydroxylation sites is 1. The molecule has 1 amide bonds. The lowest BCUT2D eigenvalue weighted by Crippen LogP contribution is -2.10. The molecule has 2 aromatic rings. The van der Waals surface area contributed by atoms with Gasteiger partial charge >= 0.3 is 0 Å². The largest absolute Gasteiger partial charge is 0.493 e. The standard InChI is InChI=1S/C18H19BrN2O2/c1-3-10-23-16-7-5-4-6-14(16)8-9-17(22)21-18-13(2)11-15(19)12-20-18/h4-9,11-12H,3,10H2,1-2H3,(H,20,21,22)/b9-8+. The molecule has 120 valence electrons.